The van der Waals surface area contributed by atoms with Crippen LogP contribution < -0.4 is 0 Å². The Morgan fingerprint density at radius 3 is 2.11 bits per heavy atom. The van der Waals surface area contributed by atoms with Crippen molar-refractivity contribution in [2.45, 2.75) is 18.5 Å². The average Bonchev–Trinajstić information content (AvgIpc) is 3.08. The Balaban J connectivity index is 1.86. The third-order valence-corrected chi connectivity index (χ3v) is 2.99. The van der Waals surface area contributed by atoms with Crippen LogP contribution in [0.25, 0.3) is 0 Å². The second-order valence-electron chi connectivity index (χ2n) is 4.29. The number of imide groups is 1. The fourth-order valence-electron chi connectivity index (χ4n) is 1.73. The summed E-state index contributed by atoms with van der Waals surface area (Å²) in [5, 5.41) is 0.326. The predicted octanol–water partition coefficient (Wildman–Crippen LogP) is 1.24. The lowest BCUT2D eigenvalue weighted by Gasteiger charge is -2.13. The van der Waals surface area contributed by atoms with Crippen molar-refractivity contribution in [3.05, 3.63) is 35.4 Å². The van der Waals surface area contributed by atoms with Crippen LogP contribution in [0.1, 0.15) is 33.6 Å². The topological polar surface area (TPSA) is 63.7 Å². The maximum atomic E-state index is 13.4. The van der Waals surface area contributed by atoms with Crippen LogP contribution in [-0.2, 0) is 9.63 Å². The number of hydrogen-bond acceptors (Lipinski definition) is 4. The van der Waals surface area contributed by atoms with Crippen LogP contribution in [-0.4, -0.2) is 28.5 Å². The number of halogens is 1. The Bertz CT molecular complexity index is 544. The molecule has 0 atom stereocenters. The van der Waals surface area contributed by atoms with E-state index in [4.69, 9.17) is 0 Å². The van der Waals surface area contributed by atoms with Gasteiger partial charge in [0, 0.05) is 0 Å². The predicted molar refractivity (Wildman–Crippen MR) is 56.1 cm³/mol. The summed E-state index contributed by atoms with van der Waals surface area (Å²) in [7, 11) is 0. The van der Waals surface area contributed by atoms with Crippen molar-refractivity contribution < 1.29 is 23.6 Å². The zero-order chi connectivity index (χ0) is 12.9. The Hall–Kier alpha value is -2.24. The highest BCUT2D eigenvalue weighted by Gasteiger charge is 2.55. The van der Waals surface area contributed by atoms with Crippen molar-refractivity contribution >= 4 is 17.8 Å². The molecule has 1 saturated carbocycles. The molecule has 18 heavy (non-hydrogen) atoms. The van der Waals surface area contributed by atoms with Crippen LogP contribution in [0.15, 0.2) is 24.3 Å². The molecule has 1 fully saturated rings. The molecule has 2 aliphatic rings. The van der Waals surface area contributed by atoms with Gasteiger partial charge >= 0.3 is 5.97 Å². The summed E-state index contributed by atoms with van der Waals surface area (Å²) >= 11 is 0. The summed E-state index contributed by atoms with van der Waals surface area (Å²) in [4.78, 5) is 39.5. The van der Waals surface area contributed by atoms with E-state index >= 15 is 0 Å². The van der Waals surface area contributed by atoms with Gasteiger partial charge in [-0.15, -0.1) is 0 Å². The fraction of sp³-hybridized carbons (Fsp3) is 0.250. The molecule has 6 heteroatoms. The highest BCUT2D eigenvalue weighted by atomic mass is 19.1. The molecule has 1 aromatic carbocycles. The minimum absolute atomic E-state index is 0.0645. The van der Waals surface area contributed by atoms with Gasteiger partial charge in [-0.25, -0.2) is 9.18 Å². The molecular formula is C12H8FNO4. The van der Waals surface area contributed by atoms with Crippen molar-refractivity contribution in [1.82, 2.24) is 5.06 Å². The number of benzene rings is 1. The summed E-state index contributed by atoms with van der Waals surface area (Å²) in [6.07, 6.45) is 0.129. The van der Waals surface area contributed by atoms with Crippen molar-refractivity contribution in [3.63, 3.8) is 0 Å². The van der Waals surface area contributed by atoms with E-state index in [0.29, 0.717) is 5.06 Å². The molecule has 92 valence electrons. The van der Waals surface area contributed by atoms with E-state index in [1.807, 2.05) is 0 Å². The number of fused-ring (bicyclic) bond motifs is 1. The molecule has 5 nitrogen and oxygen atoms in total. The van der Waals surface area contributed by atoms with Crippen LogP contribution in [0.4, 0.5) is 4.39 Å². The van der Waals surface area contributed by atoms with Gasteiger partial charge in [0.1, 0.15) is 0 Å². The first-order chi connectivity index (χ1) is 8.53. The average molecular weight is 249 g/mol. The lowest BCUT2D eigenvalue weighted by Crippen LogP contribution is -2.36. The molecule has 1 aliphatic carbocycles. The monoisotopic (exact) mass is 249 g/mol. The largest absolute Gasteiger partial charge is 0.370 e. The number of carbonyl (C=O) groups excluding carboxylic acids is 3. The number of hydroxylamine groups is 2. The van der Waals surface area contributed by atoms with E-state index < -0.39 is 23.5 Å². The highest BCUT2D eigenvalue weighted by molar-refractivity contribution is 6.21. The number of carbonyl (C=O) groups is 3. The summed E-state index contributed by atoms with van der Waals surface area (Å²) in [6.45, 7) is 0. The molecular weight excluding hydrogens is 241 g/mol. The Kier molecular flexibility index (Phi) is 2.04. The van der Waals surface area contributed by atoms with Gasteiger partial charge in [0.25, 0.3) is 11.8 Å². The lowest BCUT2D eigenvalue weighted by molar-refractivity contribution is -0.176. The Labute approximate surface area is 101 Å². The molecule has 0 radical (unpaired) electrons. The quantitative estimate of drug-likeness (QED) is 0.740. The van der Waals surface area contributed by atoms with Gasteiger partial charge in [-0.2, -0.15) is 0 Å². The number of amides is 2. The van der Waals surface area contributed by atoms with Crippen LogP contribution in [0.5, 0.6) is 0 Å². The molecule has 0 aromatic heterocycles. The first-order valence-corrected chi connectivity index (χ1v) is 5.42. The van der Waals surface area contributed by atoms with Gasteiger partial charge in [-0.3, -0.25) is 9.59 Å². The molecule has 0 unspecified atom stereocenters. The second-order valence-corrected chi connectivity index (χ2v) is 4.29. The molecule has 1 aromatic rings. The van der Waals surface area contributed by atoms with E-state index in [1.54, 1.807) is 12.1 Å². The Morgan fingerprint density at radius 2 is 1.67 bits per heavy atom. The molecule has 3 rings (SSSR count). The number of alkyl halides is 1. The summed E-state index contributed by atoms with van der Waals surface area (Å²) in [5.74, 6) is -2.67. The van der Waals surface area contributed by atoms with Gasteiger partial charge in [-0.05, 0) is 25.0 Å². The van der Waals surface area contributed by atoms with Crippen LogP contribution in [0.3, 0.4) is 0 Å². The van der Waals surface area contributed by atoms with Crippen molar-refractivity contribution in [1.29, 1.82) is 0 Å². The van der Waals surface area contributed by atoms with Crippen LogP contribution in [0, 0.1) is 0 Å². The normalized spacial score (nSPS) is 19.7. The van der Waals surface area contributed by atoms with E-state index in [9.17, 15) is 18.8 Å². The molecule has 0 N–H and O–H groups in total. The minimum atomic E-state index is -2.03. The van der Waals surface area contributed by atoms with Gasteiger partial charge in [0.15, 0.2) is 0 Å². The van der Waals surface area contributed by atoms with Crippen LogP contribution in [0.2, 0.25) is 0 Å². The first kappa shape index (κ1) is 10.9. The van der Waals surface area contributed by atoms with E-state index in [0.717, 1.165) is 0 Å². The zero-order valence-electron chi connectivity index (χ0n) is 9.18. The molecule has 2 amide bonds. The molecule has 0 spiro atoms. The van der Waals surface area contributed by atoms with E-state index in [-0.39, 0.29) is 24.0 Å². The van der Waals surface area contributed by atoms with E-state index in [2.05, 4.69) is 4.84 Å². The number of nitrogens with zero attached hydrogens (tertiary/aromatic N) is 1. The third kappa shape index (κ3) is 1.42. The second kappa shape index (κ2) is 3.38. The highest BCUT2D eigenvalue weighted by Crippen LogP contribution is 2.41. The maximum absolute atomic E-state index is 13.4. The molecule has 1 heterocycles. The van der Waals surface area contributed by atoms with Crippen molar-refractivity contribution in [3.8, 4) is 0 Å². The van der Waals surface area contributed by atoms with Crippen molar-refractivity contribution in [2.75, 3.05) is 0 Å². The fourth-order valence-corrected chi connectivity index (χ4v) is 1.73. The standard InChI is InChI=1S/C12H8FNO4/c13-12(5-6-12)11(17)18-14-9(15)7-3-1-2-4-8(7)10(14)16/h1-4H,5-6H2. The molecule has 1 aliphatic heterocycles. The third-order valence-electron chi connectivity index (χ3n) is 2.99. The lowest BCUT2D eigenvalue weighted by atomic mass is 10.1. The SMILES string of the molecule is O=C1c2ccccc2C(=O)N1OC(=O)C1(F)CC1. The summed E-state index contributed by atoms with van der Waals surface area (Å²) in [6, 6.07) is 6.08. The summed E-state index contributed by atoms with van der Waals surface area (Å²) < 4.78 is 13.4. The molecule has 0 saturated heterocycles. The number of rotatable bonds is 2. The molecule has 0 bridgehead atoms. The van der Waals surface area contributed by atoms with Crippen LogP contribution >= 0.6 is 0 Å². The smallest absolute Gasteiger partial charge is 0.326 e. The summed E-state index contributed by atoms with van der Waals surface area (Å²) in [5.41, 5.74) is -1.73. The minimum Gasteiger partial charge on any atom is -0.326 e. The Morgan fingerprint density at radius 1 is 1.17 bits per heavy atom. The van der Waals surface area contributed by atoms with Crippen molar-refractivity contribution in [2.24, 2.45) is 0 Å². The van der Waals surface area contributed by atoms with Gasteiger partial charge in [0.2, 0.25) is 5.67 Å². The first-order valence-electron chi connectivity index (χ1n) is 5.42. The van der Waals surface area contributed by atoms with Gasteiger partial charge < -0.3 is 4.84 Å². The maximum Gasteiger partial charge on any atom is 0.370 e. The van der Waals surface area contributed by atoms with Gasteiger partial charge in [-0.1, -0.05) is 17.2 Å². The zero-order valence-corrected chi connectivity index (χ0v) is 9.18. The number of hydrogen-bond donors (Lipinski definition) is 0. The van der Waals surface area contributed by atoms with E-state index in [1.165, 1.54) is 12.1 Å². The van der Waals surface area contributed by atoms with Gasteiger partial charge in [0.05, 0.1) is 11.1 Å².